The van der Waals surface area contributed by atoms with Gasteiger partial charge < -0.3 is 9.84 Å². The van der Waals surface area contributed by atoms with Crippen molar-refractivity contribution in [2.75, 3.05) is 6.54 Å². The van der Waals surface area contributed by atoms with Crippen molar-refractivity contribution in [2.45, 2.75) is 42.9 Å². The van der Waals surface area contributed by atoms with E-state index in [9.17, 15) is 0 Å². The number of thioether (sulfide) groups is 1. The van der Waals surface area contributed by atoms with Gasteiger partial charge in [-0.25, -0.2) is 0 Å². The summed E-state index contributed by atoms with van der Waals surface area (Å²) in [7, 11) is 0. The van der Waals surface area contributed by atoms with Gasteiger partial charge in [0, 0.05) is 4.90 Å². The van der Waals surface area contributed by atoms with Gasteiger partial charge in [0.2, 0.25) is 5.89 Å². The summed E-state index contributed by atoms with van der Waals surface area (Å²) in [5, 5.41) is 7.51. The number of aryl methyl sites for hydroxylation is 1. The highest BCUT2D eigenvalue weighted by molar-refractivity contribution is 7.98. The lowest BCUT2D eigenvalue weighted by Crippen LogP contribution is -2.26. The van der Waals surface area contributed by atoms with Crippen LogP contribution in [0.2, 0.25) is 0 Å². The van der Waals surface area contributed by atoms with Gasteiger partial charge in [0.25, 0.3) is 0 Å². The van der Waals surface area contributed by atoms with Gasteiger partial charge in [-0.3, -0.25) is 0 Å². The van der Waals surface area contributed by atoms with E-state index >= 15 is 0 Å². The first kappa shape index (κ1) is 13.6. The van der Waals surface area contributed by atoms with Crippen LogP contribution in [-0.4, -0.2) is 16.7 Å². The molecule has 1 N–H and O–H groups in total. The summed E-state index contributed by atoms with van der Waals surface area (Å²) in [6.07, 6.45) is 3.56. The summed E-state index contributed by atoms with van der Waals surface area (Å²) in [6, 6.07) is 8.71. The van der Waals surface area contributed by atoms with E-state index in [1.54, 1.807) is 11.8 Å². The summed E-state index contributed by atoms with van der Waals surface area (Å²) in [6.45, 7) is 3.14. The Hall–Kier alpha value is -1.33. The maximum Gasteiger partial charge on any atom is 0.243 e. The summed E-state index contributed by atoms with van der Waals surface area (Å²) in [5.74, 6) is 2.27. The molecule has 5 heteroatoms. The van der Waals surface area contributed by atoms with Crippen LogP contribution in [0.3, 0.4) is 0 Å². The Balaban J connectivity index is 1.59. The smallest absolute Gasteiger partial charge is 0.243 e. The summed E-state index contributed by atoms with van der Waals surface area (Å²) in [5.41, 5.74) is 1.27. The molecular formula is C15H19N3OS. The standard InChI is InChI=1S/C15H19N3OS/c1-11-5-4-6-12(9-11)20-10-14-17-15(19-18-14)13-7-2-3-8-16-13/h4-6,9,13,16H,2-3,7-8,10H2,1H3. The molecule has 1 atom stereocenters. The van der Waals surface area contributed by atoms with Gasteiger partial charge in [0.05, 0.1) is 11.8 Å². The Morgan fingerprint density at radius 1 is 1.40 bits per heavy atom. The average Bonchev–Trinajstić information content (AvgIpc) is 2.95. The zero-order valence-electron chi connectivity index (χ0n) is 11.6. The quantitative estimate of drug-likeness (QED) is 0.873. The molecule has 1 aliphatic rings. The van der Waals surface area contributed by atoms with E-state index in [4.69, 9.17) is 4.52 Å². The van der Waals surface area contributed by atoms with Crippen LogP contribution in [-0.2, 0) is 5.75 Å². The highest BCUT2D eigenvalue weighted by Crippen LogP contribution is 2.25. The topological polar surface area (TPSA) is 51.0 Å². The molecule has 0 spiro atoms. The molecule has 2 heterocycles. The van der Waals surface area contributed by atoms with Gasteiger partial charge in [-0.15, -0.1) is 11.8 Å². The van der Waals surface area contributed by atoms with Crippen molar-refractivity contribution in [3.8, 4) is 0 Å². The maximum absolute atomic E-state index is 5.38. The third-order valence-electron chi connectivity index (χ3n) is 3.45. The molecule has 0 bridgehead atoms. The lowest BCUT2D eigenvalue weighted by atomic mass is 10.1. The van der Waals surface area contributed by atoms with Gasteiger partial charge in [-0.05, 0) is 38.4 Å². The van der Waals surface area contributed by atoms with Crippen molar-refractivity contribution in [3.05, 3.63) is 41.5 Å². The lowest BCUT2D eigenvalue weighted by Gasteiger charge is -2.19. The second kappa shape index (κ2) is 6.41. The first-order valence-electron chi connectivity index (χ1n) is 7.06. The van der Waals surface area contributed by atoms with Gasteiger partial charge in [-0.2, -0.15) is 4.98 Å². The fraction of sp³-hybridized carbons (Fsp3) is 0.467. The third-order valence-corrected chi connectivity index (χ3v) is 4.44. The zero-order valence-corrected chi connectivity index (χ0v) is 12.4. The number of nitrogens with one attached hydrogen (secondary N) is 1. The molecule has 4 nitrogen and oxygen atoms in total. The Morgan fingerprint density at radius 3 is 3.15 bits per heavy atom. The first-order valence-corrected chi connectivity index (χ1v) is 8.05. The molecule has 0 amide bonds. The number of nitrogens with zero attached hydrogens (tertiary/aromatic N) is 2. The van der Waals surface area contributed by atoms with Gasteiger partial charge in [0.1, 0.15) is 0 Å². The van der Waals surface area contributed by atoms with E-state index < -0.39 is 0 Å². The minimum Gasteiger partial charge on any atom is -0.338 e. The number of piperidine rings is 1. The minimum atomic E-state index is 0.244. The fourth-order valence-electron chi connectivity index (χ4n) is 2.38. The van der Waals surface area contributed by atoms with E-state index in [1.807, 2.05) is 0 Å². The largest absolute Gasteiger partial charge is 0.338 e. The van der Waals surface area contributed by atoms with E-state index in [0.29, 0.717) is 0 Å². The summed E-state index contributed by atoms with van der Waals surface area (Å²) in [4.78, 5) is 5.75. The molecule has 1 saturated heterocycles. The van der Waals surface area contributed by atoms with Crippen LogP contribution in [0, 0.1) is 6.92 Å². The molecule has 1 unspecified atom stereocenters. The highest BCUT2D eigenvalue weighted by atomic mass is 32.2. The molecule has 3 rings (SSSR count). The molecule has 20 heavy (non-hydrogen) atoms. The monoisotopic (exact) mass is 289 g/mol. The average molecular weight is 289 g/mol. The predicted octanol–water partition coefficient (Wildman–Crippen LogP) is 3.48. The van der Waals surface area contributed by atoms with Crippen LogP contribution >= 0.6 is 11.8 Å². The third kappa shape index (κ3) is 3.41. The van der Waals surface area contributed by atoms with E-state index in [1.165, 1.54) is 23.3 Å². The van der Waals surface area contributed by atoms with E-state index in [2.05, 4.69) is 46.6 Å². The second-order valence-corrected chi connectivity index (χ2v) is 6.21. The molecule has 106 valence electrons. The van der Waals surface area contributed by atoms with Crippen LogP contribution in [0.25, 0.3) is 0 Å². The van der Waals surface area contributed by atoms with Crippen molar-refractivity contribution in [1.29, 1.82) is 0 Å². The van der Waals surface area contributed by atoms with Gasteiger partial charge in [0.15, 0.2) is 5.82 Å². The summed E-state index contributed by atoms with van der Waals surface area (Å²) >= 11 is 1.74. The fourth-order valence-corrected chi connectivity index (χ4v) is 3.24. The number of hydrogen-bond donors (Lipinski definition) is 1. The Kier molecular flexibility index (Phi) is 4.38. The number of hydrogen-bond acceptors (Lipinski definition) is 5. The van der Waals surface area contributed by atoms with Gasteiger partial charge >= 0.3 is 0 Å². The highest BCUT2D eigenvalue weighted by Gasteiger charge is 2.20. The molecule has 0 radical (unpaired) electrons. The zero-order chi connectivity index (χ0) is 13.8. The molecule has 0 aliphatic carbocycles. The van der Waals surface area contributed by atoms with Crippen molar-refractivity contribution in [1.82, 2.24) is 15.5 Å². The van der Waals surface area contributed by atoms with Crippen LogP contribution in [0.4, 0.5) is 0 Å². The molecule has 0 saturated carbocycles. The van der Waals surface area contributed by atoms with Crippen molar-refractivity contribution >= 4 is 11.8 Å². The van der Waals surface area contributed by atoms with E-state index in [0.717, 1.165) is 30.4 Å². The Morgan fingerprint density at radius 2 is 2.35 bits per heavy atom. The SMILES string of the molecule is Cc1cccc(SCc2noc(C3CCCCN3)n2)c1. The van der Waals surface area contributed by atoms with Crippen LogP contribution in [0.15, 0.2) is 33.7 Å². The Bertz CT molecular complexity index is 564. The Labute approximate surface area is 123 Å². The second-order valence-electron chi connectivity index (χ2n) is 5.16. The predicted molar refractivity (Wildman–Crippen MR) is 79.6 cm³/mol. The molecular weight excluding hydrogens is 270 g/mol. The maximum atomic E-state index is 5.38. The molecule has 1 fully saturated rings. The van der Waals surface area contributed by atoms with Crippen molar-refractivity contribution in [3.63, 3.8) is 0 Å². The molecule has 1 aliphatic heterocycles. The first-order chi connectivity index (χ1) is 9.81. The lowest BCUT2D eigenvalue weighted by molar-refractivity contribution is 0.296. The summed E-state index contributed by atoms with van der Waals surface area (Å²) < 4.78 is 5.38. The normalized spacial score (nSPS) is 19.1. The van der Waals surface area contributed by atoms with Crippen molar-refractivity contribution < 1.29 is 4.52 Å². The van der Waals surface area contributed by atoms with Gasteiger partial charge in [-0.1, -0.05) is 29.3 Å². The molecule has 1 aromatic carbocycles. The number of benzene rings is 1. The minimum absolute atomic E-state index is 0.244. The van der Waals surface area contributed by atoms with Crippen molar-refractivity contribution in [2.24, 2.45) is 0 Å². The molecule has 2 aromatic rings. The van der Waals surface area contributed by atoms with Crippen LogP contribution in [0.1, 0.15) is 42.6 Å². The number of aromatic nitrogens is 2. The molecule has 1 aromatic heterocycles. The van der Waals surface area contributed by atoms with Crippen LogP contribution in [0.5, 0.6) is 0 Å². The number of rotatable bonds is 4. The van der Waals surface area contributed by atoms with E-state index in [-0.39, 0.29) is 6.04 Å². The van der Waals surface area contributed by atoms with Crippen LogP contribution < -0.4 is 5.32 Å².